The van der Waals surface area contributed by atoms with E-state index in [9.17, 15) is 0 Å². The normalized spacial score (nSPS) is 11.1. The molecule has 0 fully saturated rings. The Bertz CT molecular complexity index is 471. The van der Waals surface area contributed by atoms with Gasteiger partial charge in [-0.2, -0.15) is 0 Å². The molecule has 0 amide bonds. The van der Waals surface area contributed by atoms with E-state index < -0.39 is 0 Å². The number of halogens is 1. The topological polar surface area (TPSA) is 0 Å². The first-order chi connectivity index (χ1) is 8.16. The molecule has 0 atom stereocenters. The van der Waals surface area contributed by atoms with E-state index in [-0.39, 0.29) is 0 Å². The molecule has 0 radical (unpaired) electrons. The molecule has 0 spiro atoms. The minimum atomic E-state index is 0.612. The van der Waals surface area contributed by atoms with Gasteiger partial charge in [0.05, 0.1) is 0 Å². The molecule has 1 aromatic heterocycles. The van der Waals surface area contributed by atoms with E-state index in [1.807, 2.05) is 23.1 Å². The number of benzene rings is 1. The van der Waals surface area contributed by atoms with Gasteiger partial charge in [-0.25, -0.2) is 0 Å². The Morgan fingerprint density at radius 1 is 1.18 bits per heavy atom. The predicted octanol–water partition coefficient (Wildman–Crippen LogP) is 5.93. The Kier molecular flexibility index (Phi) is 4.71. The molecule has 0 saturated carbocycles. The van der Waals surface area contributed by atoms with Crippen molar-refractivity contribution in [3.8, 4) is 0 Å². The van der Waals surface area contributed by atoms with Crippen LogP contribution in [0, 0.1) is 0 Å². The molecule has 90 valence electrons. The third-order valence-corrected chi connectivity index (χ3v) is 5.76. The number of hydrogen-bond donors (Lipinski definition) is 0. The number of rotatable bonds is 4. The molecule has 2 rings (SSSR count). The molecule has 0 aliphatic rings. The summed E-state index contributed by atoms with van der Waals surface area (Å²) in [5.41, 5.74) is 1.41. The van der Waals surface area contributed by atoms with Crippen molar-refractivity contribution in [3.63, 3.8) is 0 Å². The zero-order valence-electron chi connectivity index (χ0n) is 9.94. The Hall–Kier alpha value is -0.250. The summed E-state index contributed by atoms with van der Waals surface area (Å²) in [6, 6.07) is 11.0. The van der Waals surface area contributed by atoms with Gasteiger partial charge in [0.25, 0.3) is 0 Å². The van der Waals surface area contributed by atoms with Crippen LogP contribution in [0.25, 0.3) is 0 Å². The van der Waals surface area contributed by atoms with E-state index in [0.717, 1.165) is 5.75 Å². The van der Waals surface area contributed by atoms with Crippen LogP contribution in [0.5, 0.6) is 0 Å². The van der Waals surface area contributed by atoms with Crippen LogP contribution < -0.4 is 0 Å². The van der Waals surface area contributed by atoms with Crippen molar-refractivity contribution in [1.29, 1.82) is 0 Å². The van der Waals surface area contributed by atoms with Gasteiger partial charge in [-0.05, 0) is 51.0 Å². The minimum Gasteiger partial charge on any atom is -0.147 e. The lowest BCUT2D eigenvalue weighted by Crippen LogP contribution is -1.86. The largest absolute Gasteiger partial charge is 0.147 e. The third-order valence-electron chi connectivity index (χ3n) is 2.61. The molecule has 1 heterocycles. The fourth-order valence-electron chi connectivity index (χ4n) is 1.53. The monoisotopic (exact) mass is 326 g/mol. The molecule has 0 aliphatic carbocycles. The molecule has 1 aromatic carbocycles. The van der Waals surface area contributed by atoms with Crippen molar-refractivity contribution in [2.24, 2.45) is 0 Å². The summed E-state index contributed by atoms with van der Waals surface area (Å²) in [6.45, 7) is 4.45. The fourth-order valence-corrected chi connectivity index (χ4v) is 4.22. The van der Waals surface area contributed by atoms with Gasteiger partial charge >= 0.3 is 0 Å². The van der Waals surface area contributed by atoms with Crippen LogP contribution >= 0.6 is 39.0 Å². The van der Waals surface area contributed by atoms with Crippen LogP contribution in [0.15, 0.2) is 45.1 Å². The number of thioether (sulfide) groups is 1. The quantitative estimate of drug-likeness (QED) is 0.628. The highest BCUT2D eigenvalue weighted by molar-refractivity contribution is 9.10. The second kappa shape index (κ2) is 6.07. The van der Waals surface area contributed by atoms with Crippen molar-refractivity contribution in [3.05, 3.63) is 50.6 Å². The summed E-state index contributed by atoms with van der Waals surface area (Å²) in [7, 11) is 0. The molecule has 3 heteroatoms. The summed E-state index contributed by atoms with van der Waals surface area (Å²) < 4.78 is 1.23. The summed E-state index contributed by atoms with van der Waals surface area (Å²) in [5.74, 6) is 1.65. The zero-order valence-corrected chi connectivity index (χ0v) is 13.2. The SMILES string of the molecule is CC(C)c1ccc(SCc2sccc2Br)cc1. The van der Waals surface area contributed by atoms with Crippen LogP contribution in [0.4, 0.5) is 0 Å². The highest BCUT2D eigenvalue weighted by Gasteiger charge is 2.03. The number of hydrogen-bond acceptors (Lipinski definition) is 2. The lowest BCUT2D eigenvalue weighted by Gasteiger charge is -2.06. The summed E-state index contributed by atoms with van der Waals surface area (Å²) in [5, 5.41) is 2.13. The molecule has 0 unspecified atom stereocenters. The molecule has 0 saturated heterocycles. The first-order valence-corrected chi connectivity index (χ1v) is 8.27. The van der Waals surface area contributed by atoms with E-state index in [1.165, 1.54) is 19.8 Å². The molecule has 17 heavy (non-hydrogen) atoms. The molecular formula is C14H15BrS2. The van der Waals surface area contributed by atoms with Gasteiger partial charge in [-0.3, -0.25) is 0 Å². The average Bonchev–Trinajstić information content (AvgIpc) is 2.73. The number of thiophene rings is 1. The van der Waals surface area contributed by atoms with Gasteiger partial charge in [0.2, 0.25) is 0 Å². The van der Waals surface area contributed by atoms with Gasteiger partial charge < -0.3 is 0 Å². The van der Waals surface area contributed by atoms with Gasteiger partial charge in [-0.15, -0.1) is 23.1 Å². The van der Waals surface area contributed by atoms with Crippen LogP contribution in [-0.2, 0) is 5.75 Å². The van der Waals surface area contributed by atoms with Crippen molar-refractivity contribution in [2.75, 3.05) is 0 Å². The lowest BCUT2D eigenvalue weighted by molar-refractivity contribution is 0.865. The Morgan fingerprint density at radius 3 is 2.41 bits per heavy atom. The Morgan fingerprint density at radius 2 is 1.88 bits per heavy atom. The maximum atomic E-state index is 3.57. The maximum absolute atomic E-state index is 3.57. The fraction of sp³-hybridized carbons (Fsp3) is 0.286. The van der Waals surface area contributed by atoms with Gasteiger partial charge in [0.15, 0.2) is 0 Å². The summed E-state index contributed by atoms with van der Waals surface area (Å²) in [4.78, 5) is 2.75. The van der Waals surface area contributed by atoms with Crippen molar-refractivity contribution in [1.82, 2.24) is 0 Å². The summed E-state index contributed by atoms with van der Waals surface area (Å²) in [6.07, 6.45) is 0. The van der Waals surface area contributed by atoms with Crippen molar-refractivity contribution in [2.45, 2.75) is 30.4 Å². The Labute approximate surface area is 120 Å². The van der Waals surface area contributed by atoms with E-state index in [0.29, 0.717) is 5.92 Å². The molecule has 0 N–H and O–H groups in total. The van der Waals surface area contributed by atoms with Crippen LogP contribution in [0.1, 0.15) is 30.2 Å². The van der Waals surface area contributed by atoms with Crippen LogP contribution in [0.2, 0.25) is 0 Å². The van der Waals surface area contributed by atoms with Crippen LogP contribution in [-0.4, -0.2) is 0 Å². The molecule has 0 bridgehead atoms. The van der Waals surface area contributed by atoms with Gasteiger partial charge in [-0.1, -0.05) is 26.0 Å². The second-order valence-corrected chi connectivity index (χ2v) is 7.11. The molecule has 2 aromatic rings. The zero-order chi connectivity index (χ0) is 12.3. The maximum Gasteiger partial charge on any atom is 0.0337 e. The van der Waals surface area contributed by atoms with Crippen LogP contribution in [0.3, 0.4) is 0 Å². The van der Waals surface area contributed by atoms with Gasteiger partial charge in [0.1, 0.15) is 0 Å². The Balaban J connectivity index is 1.98. The third kappa shape index (κ3) is 3.60. The van der Waals surface area contributed by atoms with E-state index in [2.05, 4.69) is 65.5 Å². The standard InChI is InChI=1S/C14H15BrS2/c1-10(2)11-3-5-12(6-4-11)17-9-14-13(15)7-8-16-14/h3-8,10H,9H2,1-2H3. The first-order valence-electron chi connectivity index (χ1n) is 5.61. The lowest BCUT2D eigenvalue weighted by atomic mass is 10.0. The summed E-state index contributed by atoms with van der Waals surface area (Å²) >= 11 is 7.27. The smallest absolute Gasteiger partial charge is 0.0337 e. The molecular weight excluding hydrogens is 312 g/mol. The average molecular weight is 327 g/mol. The van der Waals surface area contributed by atoms with E-state index in [4.69, 9.17) is 0 Å². The highest BCUT2D eigenvalue weighted by Crippen LogP contribution is 2.31. The van der Waals surface area contributed by atoms with Crippen molar-refractivity contribution >= 4 is 39.0 Å². The van der Waals surface area contributed by atoms with E-state index >= 15 is 0 Å². The van der Waals surface area contributed by atoms with E-state index in [1.54, 1.807) is 0 Å². The molecule has 0 aliphatic heterocycles. The van der Waals surface area contributed by atoms with Gasteiger partial charge in [0, 0.05) is 20.0 Å². The first kappa shape index (κ1) is 13.2. The van der Waals surface area contributed by atoms with Crippen molar-refractivity contribution < 1.29 is 0 Å². The minimum absolute atomic E-state index is 0.612. The molecule has 0 nitrogen and oxygen atoms in total. The highest BCUT2D eigenvalue weighted by atomic mass is 79.9. The second-order valence-electron chi connectivity index (χ2n) is 4.20. The predicted molar refractivity (Wildman–Crippen MR) is 82.1 cm³/mol.